The smallest absolute Gasteiger partial charge is 0.313 e. The number of hydrogen-bond acceptors (Lipinski definition) is 4. The van der Waals surface area contributed by atoms with Crippen LogP contribution in [0.3, 0.4) is 0 Å². The molecule has 120 valence electrons. The van der Waals surface area contributed by atoms with Crippen LogP contribution >= 0.6 is 0 Å². The molecule has 2 unspecified atom stereocenters. The predicted molar refractivity (Wildman–Crippen MR) is 88.1 cm³/mol. The summed E-state index contributed by atoms with van der Waals surface area (Å²) in [5, 5.41) is 1.15. The van der Waals surface area contributed by atoms with Crippen LogP contribution in [0.25, 0.3) is 10.9 Å². The highest BCUT2D eigenvalue weighted by Gasteiger charge is 2.39. The molecule has 2 aromatic rings. The first-order valence-corrected chi connectivity index (χ1v) is 8.20. The summed E-state index contributed by atoms with van der Waals surface area (Å²) in [6.45, 7) is 2.07. The number of aromatic nitrogens is 1. The summed E-state index contributed by atoms with van der Waals surface area (Å²) in [7, 11) is 0. The number of esters is 1. The van der Waals surface area contributed by atoms with Crippen molar-refractivity contribution in [2.75, 3.05) is 6.61 Å². The lowest BCUT2D eigenvalue weighted by atomic mass is 10.1. The van der Waals surface area contributed by atoms with Crippen molar-refractivity contribution < 1.29 is 14.3 Å². The quantitative estimate of drug-likeness (QED) is 0.578. The third kappa shape index (κ3) is 3.95. The van der Waals surface area contributed by atoms with Crippen LogP contribution in [0.2, 0.25) is 0 Å². The molecule has 1 aliphatic rings. The molecule has 0 spiro atoms. The monoisotopic (exact) mass is 311 g/mol. The van der Waals surface area contributed by atoms with Gasteiger partial charge in [-0.3, -0.25) is 14.6 Å². The average Bonchev–Trinajstić information content (AvgIpc) is 3.32. The second-order valence-electron chi connectivity index (χ2n) is 6.09. The van der Waals surface area contributed by atoms with Gasteiger partial charge in [-0.1, -0.05) is 24.3 Å². The third-order valence-corrected chi connectivity index (χ3v) is 4.36. The maximum atomic E-state index is 11.8. The van der Waals surface area contributed by atoms with Gasteiger partial charge in [0.05, 0.1) is 12.1 Å². The van der Waals surface area contributed by atoms with Crippen LogP contribution in [0.5, 0.6) is 0 Å². The van der Waals surface area contributed by atoms with Crippen LogP contribution < -0.4 is 0 Å². The van der Waals surface area contributed by atoms with E-state index in [1.807, 2.05) is 18.2 Å². The summed E-state index contributed by atoms with van der Waals surface area (Å²) in [4.78, 5) is 27.8. The summed E-state index contributed by atoms with van der Waals surface area (Å²) in [6, 6.07) is 12.3. The van der Waals surface area contributed by atoms with Gasteiger partial charge in [-0.2, -0.15) is 0 Å². The van der Waals surface area contributed by atoms with E-state index in [0.717, 1.165) is 29.4 Å². The average molecular weight is 311 g/mol. The normalized spacial score (nSPS) is 19.5. The topological polar surface area (TPSA) is 56.3 Å². The van der Waals surface area contributed by atoms with Crippen LogP contribution in [0.1, 0.15) is 44.2 Å². The van der Waals surface area contributed by atoms with Gasteiger partial charge in [-0.25, -0.2) is 0 Å². The van der Waals surface area contributed by atoms with Crippen LogP contribution in [-0.2, 0) is 14.3 Å². The third-order valence-electron chi connectivity index (χ3n) is 4.36. The van der Waals surface area contributed by atoms with Gasteiger partial charge in [0.25, 0.3) is 0 Å². The number of nitrogens with zero attached hydrogens (tertiary/aromatic N) is 1. The molecule has 1 aromatic heterocycles. The van der Waals surface area contributed by atoms with Gasteiger partial charge < -0.3 is 4.74 Å². The van der Waals surface area contributed by atoms with Crippen molar-refractivity contribution >= 4 is 22.7 Å². The Morgan fingerprint density at radius 2 is 2.04 bits per heavy atom. The van der Waals surface area contributed by atoms with E-state index in [1.54, 1.807) is 6.92 Å². The molecule has 1 heterocycles. The lowest BCUT2D eigenvalue weighted by Crippen LogP contribution is -2.11. The highest BCUT2D eigenvalue weighted by molar-refractivity contribution is 5.95. The zero-order chi connectivity index (χ0) is 16.2. The first kappa shape index (κ1) is 15.7. The summed E-state index contributed by atoms with van der Waals surface area (Å²) in [6.07, 6.45) is 2.27. The van der Waals surface area contributed by atoms with Gasteiger partial charge in [0, 0.05) is 23.4 Å². The molecule has 0 N–H and O–H groups in total. The first-order chi connectivity index (χ1) is 11.2. The van der Waals surface area contributed by atoms with E-state index in [4.69, 9.17) is 9.72 Å². The molecule has 0 aliphatic heterocycles. The molecule has 1 saturated carbocycles. The van der Waals surface area contributed by atoms with Gasteiger partial charge in [0.15, 0.2) is 0 Å². The van der Waals surface area contributed by atoms with Gasteiger partial charge in [-0.05, 0) is 37.8 Å². The molecule has 0 saturated heterocycles. The highest BCUT2D eigenvalue weighted by Crippen LogP contribution is 2.49. The minimum absolute atomic E-state index is 0.0272. The summed E-state index contributed by atoms with van der Waals surface area (Å²) in [5.74, 6) is 0.520. The molecular formula is C19H21NO3. The molecule has 1 fully saturated rings. The van der Waals surface area contributed by atoms with E-state index in [2.05, 4.69) is 18.2 Å². The Hall–Kier alpha value is -2.23. The second kappa shape index (κ2) is 6.90. The van der Waals surface area contributed by atoms with Gasteiger partial charge in [0.2, 0.25) is 0 Å². The SMILES string of the molecule is CCOC(=O)CC(=O)CCC1CC1c1ccc2ccccc2n1. The van der Waals surface area contributed by atoms with Crippen LogP contribution in [-0.4, -0.2) is 23.3 Å². The zero-order valence-electron chi connectivity index (χ0n) is 13.3. The molecule has 2 atom stereocenters. The van der Waals surface area contributed by atoms with E-state index in [-0.39, 0.29) is 12.2 Å². The molecular weight excluding hydrogens is 290 g/mol. The van der Waals surface area contributed by atoms with E-state index in [0.29, 0.717) is 24.9 Å². The van der Waals surface area contributed by atoms with E-state index in [1.165, 1.54) is 0 Å². The fourth-order valence-electron chi connectivity index (χ4n) is 3.02. The Labute approximate surface area is 135 Å². The predicted octanol–water partition coefficient (Wildman–Crippen LogP) is 3.64. The minimum atomic E-state index is -0.416. The van der Waals surface area contributed by atoms with Crippen LogP contribution in [0.4, 0.5) is 0 Å². The second-order valence-corrected chi connectivity index (χ2v) is 6.09. The number of rotatable bonds is 7. The Morgan fingerprint density at radius 1 is 1.22 bits per heavy atom. The molecule has 4 nitrogen and oxygen atoms in total. The fraction of sp³-hybridized carbons (Fsp3) is 0.421. The zero-order valence-corrected chi connectivity index (χ0v) is 13.3. The molecule has 1 aliphatic carbocycles. The van der Waals surface area contributed by atoms with E-state index in [9.17, 15) is 9.59 Å². The van der Waals surface area contributed by atoms with Gasteiger partial charge in [-0.15, -0.1) is 0 Å². The van der Waals surface area contributed by atoms with Crippen molar-refractivity contribution in [3.05, 3.63) is 42.1 Å². The lowest BCUT2D eigenvalue weighted by Gasteiger charge is -2.03. The number of pyridine rings is 1. The highest BCUT2D eigenvalue weighted by atomic mass is 16.5. The van der Waals surface area contributed by atoms with Crippen molar-refractivity contribution in [1.82, 2.24) is 4.98 Å². The number of Topliss-reactive ketones (excluding diaryl/α,β-unsaturated/α-hetero) is 1. The number of para-hydroxylation sites is 1. The Kier molecular flexibility index (Phi) is 4.70. The van der Waals surface area contributed by atoms with E-state index < -0.39 is 5.97 Å². The molecule has 4 heteroatoms. The summed E-state index contributed by atoms with van der Waals surface area (Å²) < 4.78 is 4.80. The number of ketones is 1. The standard InChI is InChI=1S/C19H21NO3/c1-2-23-19(22)12-15(21)9-7-14-11-16(14)18-10-8-13-5-3-4-6-17(13)20-18/h3-6,8,10,14,16H,2,7,9,11-12H2,1H3. The van der Waals surface area contributed by atoms with Crippen molar-refractivity contribution in [3.8, 4) is 0 Å². The van der Waals surface area contributed by atoms with Crippen molar-refractivity contribution in [1.29, 1.82) is 0 Å². The number of carbonyl (C=O) groups excluding carboxylic acids is 2. The molecule has 0 amide bonds. The van der Waals surface area contributed by atoms with Gasteiger partial charge >= 0.3 is 5.97 Å². The molecule has 0 bridgehead atoms. The maximum absolute atomic E-state index is 11.8. The number of carbonyl (C=O) groups is 2. The van der Waals surface area contributed by atoms with Crippen molar-refractivity contribution in [3.63, 3.8) is 0 Å². The van der Waals surface area contributed by atoms with Crippen LogP contribution in [0, 0.1) is 5.92 Å². The number of ether oxygens (including phenoxy) is 1. The number of fused-ring (bicyclic) bond motifs is 1. The molecule has 23 heavy (non-hydrogen) atoms. The lowest BCUT2D eigenvalue weighted by molar-refractivity contribution is -0.145. The Morgan fingerprint density at radius 3 is 2.87 bits per heavy atom. The van der Waals surface area contributed by atoms with Gasteiger partial charge in [0.1, 0.15) is 12.2 Å². The molecule has 1 aromatic carbocycles. The summed E-state index contributed by atoms with van der Waals surface area (Å²) in [5.41, 5.74) is 2.14. The Balaban J connectivity index is 1.51. The first-order valence-electron chi connectivity index (χ1n) is 8.20. The van der Waals surface area contributed by atoms with Crippen molar-refractivity contribution in [2.45, 2.75) is 38.5 Å². The largest absolute Gasteiger partial charge is 0.466 e. The minimum Gasteiger partial charge on any atom is -0.466 e. The number of benzene rings is 1. The fourth-order valence-corrected chi connectivity index (χ4v) is 3.02. The maximum Gasteiger partial charge on any atom is 0.313 e. The number of hydrogen-bond donors (Lipinski definition) is 0. The summed E-state index contributed by atoms with van der Waals surface area (Å²) >= 11 is 0. The van der Waals surface area contributed by atoms with Crippen molar-refractivity contribution in [2.24, 2.45) is 5.92 Å². The van der Waals surface area contributed by atoms with E-state index >= 15 is 0 Å². The molecule has 3 rings (SSSR count). The van der Waals surface area contributed by atoms with Crippen LogP contribution in [0.15, 0.2) is 36.4 Å². The Bertz CT molecular complexity index is 725. The molecule has 0 radical (unpaired) electrons.